The molecule has 3 rings (SSSR count). The average molecular weight is 477 g/mol. The Hall–Kier alpha value is -1.87. The molecule has 33 heavy (non-hydrogen) atoms. The predicted molar refractivity (Wildman–Crippen MR) is 136 cm³/mol. The van der Waals surface area contributed by atoms with Crippen molar-refractivity contribution in [2.45, 2.75) is 79.1 Å². The summed E-state index contributed by atoms with van der Waals surface area (Å²) in [4.78, 5) is 26.1. The third-order valence-electron chi connectivity index (χ3n) is 7.44. The molecule has 0 N–H and O–H groups in total. The summed E-state index contributed by atoms with van der Waals surface area (Å²) in [6, 6.07) is 4.62. The van der Waals surface area contributed by atoms with Crippen LogP contribution < -0.4 is 5.30 Å². The second-order valence-corrected chi connectivity index (χ2v) is 15.5. The fourth-order valence-corrected chi connectivity index (χ4v) is 13.3. The zero-order valence-corrected chi connectivity index (χ0v) is 22.7. The van der Waals surface area contributed by atoms with E-state index in [4.69, 9.17) is 14.0 Å². The van der Waals surface area contributed by atoms with Crippen molar-refractivity contribution < 1.29 is 23.6 Å². The van der Waals surface area contributed by atoms with E-state index in [2.05, 4.69) is 60.6 Å². The van der Waals surface area contributed by atoms with Crippen LogP contribution in [0.4, 0.5) is 0 Å². The molecule has 1 atom stereocenters. The Labute approximate surface area is 199 Å². The number of hydrogen-bond donors (Lipinski definition) is 0. The van der Waals surface area contributed by atoms with E-state index in [0.29, 0.717) is 17.2 Å². The van der Waals surface area contributed by atoms with Crippen molar-refractivity contribution in [2.24, 2.45) is 5.92 Å². The molecule has 0 saturated carbocycles. The van der Waals surface area contributed by atoms with Gasteiger partial charge in [-0.1, -0.05) is 0 Å². The summed E-state index contributed by atoms with van der Waals surface area (Å²) in [7, 11) is 2.71. The van der Waals surface area contributed by atoms with Crippen LogP contribution in [0.2, 0.25) is 0 Å². The van der Waals surface area contributed by atoms with Gasteiger partial charge in [-0.05, 0) is 0 Å². The second kappa shape index (κ2) is 9.06. The van der Waals surface area contributed by atoms with E-state index in [9.17, 15) is 9.59 Å². The zero-order chi connectivity index (χ0) is 24.7. The van der Waals surface area contributed by atoms with Gasteiger partial charge in [-0.25, -0.2) is 0 Å². The van der Waals surface area contributed by atoms with E-state index in [-0.39, 0.29) is 17.6 Å². The number of rotatable bonds is 6. The van der Waals surface area contributed by atoms with Crippen molar-refractivity contribution in [3.63, 3.8) is 0 Å². The molecule has 0 radical (unpaired) electrons. The van der Waals surface area contributed by atoms with Gasteiger partial charge in [-0.3, -0.25) is 0 Å². The van der Waals surface area contributed by atoms with Gasteiger partial charge in [0.15, 0.2) is 0 Å². The van der Waals surface area contributed by atoms with E-state index in [1.807, 2.05) is 0 Å². The molecule has 1 saturated heterocycles. The number of benzene rings is 1. The molecule has 5 nitrogen and oxygen atoms in total. The Bertz CT molecular complexity index is 963. The summed E-state index contributed by atoms with van der Waals surface area (Å²) >= 11 is 0. The van der Waals surface area contributed by atoms with Gasteiger partial charge in [-0.2, -0.15) is 0 Å². The molecule has 2 aliphatic heterocycles. The number of ether oxygens (including phenoxy) is 2. The topological polar surface area (TPSA) is 61.8 Å². The Morgan fingerprint density at radius 2 is 1.48 bits per heavy atom. The maximum absolute atomic E-state index is 13.4. The summed E-state index contributed by atoms with van der Waals surface area (Å²) < 4.78 is 17.1. The Morgan fingerprint density at radius 1 is 0.939 bits per heavy atom. The van der Waals surface area contributed by atoms with Gasteiger partial charge >= 0.3 is 199 Å². The van der Waals surface area contributed by atoms with Crippen molar-refractivity contribution in [3.05, 3.63) is 39.9 Å². The molecule has 184 valence electrons. The van der Waals surface area contributed by atoms with Crippen LogP contribution in [0.5, 0.6) is 0 Å². The van der Waals surface area contributed by atoms with E-state index in [0.717, 1.165) is 25.2 Å². The molecule has 2 aliphatic rings. The molecule has 2 heterocycles. The summed E-state index contributed by atoms with van der Waals surface area (Å²) in [5, 5.41) is 1.65. The number of methoxy groups -OCH3 is 2. The molecule has 0 amide bonds. The first-order chi connectivity index (χ1) is 15.4. The van der Waals surface area contributed by atoms with E-state index < -0.39 is 18.8 Å². The van der Waals surface area contributed by atoms with Gasteiger partial charge in [0.1, 0.15) is 0 Å². The summed E-state index contributed by atoms with van der Waals surface area (Å²) in [6.07, 6.45) is 3.56. The molecule has 0 bridgehead atoms. The number of carbonyl (C=O) groups excluding carboxylic acids is 2. The standard InChI is InChI=1S/C27H41O5P/c1-16(2)20-13-21(17(3)4)24(22(14-20)18(5)6)33(12-10-11-19(7)15-33)25(27(29)31-9)23(32-33)26(28)30-8/h13-14,16-19H,10-12,15H2,1-9H3/t19-/m0/s1. The number of esters is 2. The minimum atomic E-state index is -3.46. The molecular weight excluding hydrogens is 435 g/mol. The molecule has 1 aromatic rings. The van der Waals surface area contributed by atoms with Gasteiger partial charge in [0.25, 0.3) is 0 Å². The molecule has 1 spiro atoms. The first-order valence-corrected chi connectivity index (χ1v) is 14.8. The molecule has 1 fully saturated rings. The first kappa shape index (κ1) is 25.7. The predicted octanol–water partition coefficient (Wildman–Crippen LogP) is 6.17. The van der Waals surface area contributed by atoms with Crippen molar-refractivity contribution in [2.75, 3.05) is 26.5 Å². The van der Waals surface area contributed by atoms with E-state index >= 15 is 0 Å². The summed E-state index contributed by atoms with van der Waals surface area (Å²) in [5.74, 6) is 0.250. The zero-order valence-electron chi connectivity index (χ0n) is 21.8. The van der Waals surface area contributed by atoms with Gasteiger partial charge < -0.3 is 0 Å². The summed E-state index contributed by atoms with van der Waals surface area (Å²) in [5.41, 5.74) is 3.77. The fourth-order valence-electron chi connectivity index (χ4n) is 5.91. The van der Waals surface area contributed by atoms with Gasteiger partial charge in [0.05, 0.1) is 0 Å². The van der Waals surface area contributed by atoms with E-state index in [1.54, 1.807) is 0 Å². The second-order valence-electron chi connectivity index (χ2n) is 10.8. The minimum absolute atomic E-state index is 0.0495. The summed E-state index contributed by atoms with van der Waals surface area (Å²) in [6.45, 7) is 12.0. The average Bonchev–Trinajstić information content (AvgIpc) is 2.75. The molecule has 1 aromatic carbocycles. The van der Waals surface area contributed by atoms with Crippen LogP contribution in [0.3, 0.4) is 0 Å². The van der Waals surface area contributed by atoms with Crippen molar-refractivity contribution in [1.29, 1.82) is 0 Å². The van der Waals surface area contributed by atoms with Crippen LogP contribution in [-0.2, 0) is 23.6 Å². The Morgan fingerprint density at radius 3 is 1.91 bits per heavy atom. The monoisotopic (exact) mass is 476 g/mol. The Kier molecular flexibility index (Phi) is 7.07. The first-order valence-electron chi connectivity index (χ1n) is 12.2. The maximum atomic E-state index is 13.4. The molecule has 0 unspecified atom stereocenters. The van der Waals surface area contributed by atoms with Gasteiger partial charge in [0.2, 0.25) is 0 Å². The normalized spacial score (nSPS) is 22.5. The fraction of sp³-hybridized carbons (Fsp3) is 0.630. The van der Waals surface area contributed by atoms with Crippen LogP contribution in [0, 0.1) is 5.92 Å². The van der Waals surface area contributed by atoms with Crippen LogP contribution in [0.1, 0.15) is 95.8 Å². The van der Waals surface area contributed by atoms with Crippen LogP contribution in [0.25, 0.3) is 0 Å². The number of hydrogen-bond acceptors (Lipinski definition) is 5. The molecular formula is C27H41O5P. The molecule has 0 aliphatic carbocycles. The van der Waals surface area contributed by atoms with Crippen molar-refractivity contribution in [1.82, 2.24) is 0 Å². The Balaban J connectivity index is 2.52. The van der Waals surface area contributed by atoms with E-state index in [1.165, 1.54) is 36.2 Å². The van der Waals surface area contributed by atoms with Crippen molar-refractivity contribution in [3.8, 4) is 0 Å². The molecule has 6 heteroatoms. The third-order valence-corrected chi connectivity index (χ3v) is 13.7. The van der Waals surface area contributed by atoms with Gasteiger partial charge in [-0.15, -0.1) is 0 Å². The van der Waals surface area contributed by atoms with Crippen LogP contribution in [0.15, 0.2) is 23.2 Å². The molecule has 0 aromatic heterocycles. The third kappa shape index (κ3) is 3.91. The SMILES string of the molecule is COC(=O)C1=C(C(=O)OC)P2(c3c(C(C)C)cc(C(C)C)cc3C(C)C)(CCC[C@H](C)C2)O1. The number of carbonyl (C=O) groups is 2. The quantitative estimate of drug-likeness (QED) is 0.363. The van der Waals surface area contributed by atoms with Crippen molar-refractivity contribution >= 4 is 24.1 Å². The van der Waals surface area contributed by atoms with Crippen LogP contribution >= 0.6 is 6.83 Å². The van der Waals surface area contributed by atoms with Gasteiger partial charge in [0, 0.05) is 0 Å². The van der Waals surface area contributed by atoms with Crippen LogP contribution in [-0.4, -0.2) is 38.5 Å².